The molecule has 0 amide bonds. The minimum absolute atomic E-state index is 0.330. The second kappa shape index (κ2) is 5.10. The summed E-state index contributed by atoms with van der Waals surface area (Å²) in [6, 6.07) is 4.61. The van der Waals surface area contributed by atoms with Gasteiger partial charge in [0.15, 0.2) is 6.10 Å². The van der Waals surface area contributed by atoms with Crippen LogP contribution in [0.5, 0.6) is 0 Å². The number of alkyl halides is 3. The summed E-state index contributed by atoms with van der Waals surface area (Å²) in [6.07, 6.45) is 1.62. The van der Waals surface area contributed by atoms with Gasteiger partial charge in [-0.15, -0.1) is 0 Å². The van der Waals surface area contributed by atoms with Crippen LogP contribution in [0.4, 0.5) is 13.2 Å². The Morgan fingerprint density at radius 2 is 1.14 bits per heavy atom. The van der Waals surface area contributed by atoms with Crippen molar-refractivity contribution in [2.24, 2.45) is 0 Å². The predicted molar refractivity (Wildman–Crippen MR) is 74.3 cm³/mol. The number of aliphatic hydroxyl groups is 1. The molecule has 3 aromatic rings. The van der Waals surface area contributed by atoms with Crippen molar-refractivity contribution in [3.05, 3.63) is 72.1 Å². The van der Waals surface area contributed by atoms with E-state index in [0.29, 0.717) is 16.7 Å². The van der Waals surface area contributed by atoms with Crippen molar-refractivity contribution in [2.75, 3.05) is 0 Å². The van der Waals surface area contributed by atoms with Crippen LogP contribution in [0.25, 0.3) is 0 Å². The first-order chi connectivity index (χ1) is 10.5. The van der Waals surface area contributed by atoms with Crippen LogP contribution in [-0.4, -0.2) is 32.3 Å². The first-order valence-corrected chi connectivity index (χ1v) is 6.62. The van der Waals surface area contributed by atoms with E-state index in [1.54, 1.807) is 0 Å². The van der Waals surface area contributed by atoms with Crippen LogP contribution in [-0.2, 0) is 5.41 Å². The van der Waals surface area contributed by atoms with E-state index in [0.717, 1.165) is 0 Å². The SMILES string of the molecule is OC(C(F)(F)F)C(c1cc[nH]c1)(c1cc[nH]c1)c1cc[nH]c1. The molecule has 0 aliphatic heterocycles. The van der Waals surface area contributed by atoms with E-state index in [1.165, 1.54) is 55.4 Å². The summed E-state index contributed by atoms with van der Waals surface area (Å²) in [4.78, 5) is 8.30. The molecule has 0 aromatic carbocycles. The van der Waals surface area contributed by atoms with E-state index < -0.39 is 17.7 Å². The van der Waals surface area contributed by atoms with E-state index >= 15 is 0 Å². The lowest BCUT2D eigenvalue weighted by Crippen LogP contribution is -2.49. The van der Waals surface area contributed by atoms with Crippen LogP contribution in [0, 0.1) is 0 Å². The van der Waals surface area contributed by atoms with E-state index in [-0.39, 0.29) is 0 Å². The van der Waals surface area contributed by atoms with Crippen LogP contribution in [0.3, 0.4) is 0 Å². The molecule has 0 spiro atoms. The zero-order valence-electron chi connectivity index (χ0n) is 11.4. The Morgan fingerprint density at radius 3 is 1.36 bits per heavy atom. The number of hydrogen-bond acceptors (Lipinski definition) is 1. The van der Waals surface area contributed by atoms with Gasteiger partial charge in [0.1, 0.15) is 0 Å². The summed E-state index contributed by atoms with van der Waals surface area (Å²) >= 11 is 0. The van der Waals surface area contributed by atoms with Crippen molar-refractivity contribution in [3.63, 3.8) is 0 Å². The number of aromatic amines is 3. The molecule has 0 radical (unpaired) electrons. The van der Waals surface area contributed by atoms with Gasteiger partial charge in [-0.2, -0.15) is 13.2 Å². The summed E-state index contributed by atoms with van der Waals surface area (Å²) in [5, 5.41) is 10.2. The van der Waals surface area contributed by atoms with Gasteiger partial charge in [-0.05, 0) is 34.9 Å². The molecular formula is C15H14F3N3O. The van der Waals surface area contributed by atoms with Gasteiger partial charge in [0, 0.05) is 37.2 Å². The van der Waals surface area contributed by atoms with Crippen LogP contribution in [0.2, 0.25) is 0 Å². The maximum absolute atomic E-state index is 13.4. The van der Waals surface area contributed by atoms with Gasteiger partial charge in [0.25, 0.3) is 0 Å². The first kappa shape index (κ1) is 14.5. The molecule has 3 heterocycles. The molecule has 22 heavy (non-hydrogen) atoms. The molecule has 7 heteroatoms. The molecule has 0 bridgehead atoms. The number of aromatic nitrogens is 3. The minimum Gasteiger partial charge on any atom is -0.382 e. The lowest BCUT2D eigenvalue weighted by Gasteiger charge is -2.38. The molecule has 1 unspecified atom stereocenters. The smallest absolute Gasteiger partial charge is 0.382 e. The molecule has 0 saturated carbocycles. The Kier molecular flexibility index (Phi) is 3.37. The van der Waals surface area contributed by atoms with Crippen molar-refractivity contribution >= 4 is 0 Å². The van der Waals surface area contributed by atoms with Crippen molar-refractivity contribution in [1.82, 2.24) is 15.0 Å². The van der Waals surface area contributed by atoms with Gasteiger partial charge in [0.2, 0.25) is 0 Å². The molecule has 0 saturated heterocycles. The van der Waals surface area contributed by atoms with Crippen LogP contribution < -0.4 is 0 Å². The largest absolute Gasteiger partial charge is 0.415 e. The average Bonchev–Trinajstić information content (AvgIpc) is 3.23. The van der Waals surface area contributed by atoms with Gasteiger partial charge in [0.05, 0.1) is 5.41 Å². The van der Waals surface area contributed by atoms with Crippen molar-refractivity contribution in [2.45, 2.75) is 17.7 Å². The molecule has 4 nitrogen and oxygen atoms in total. The van der Waals surface area contributed by atoms with E-state index in [9.17, 15) is 18.3 Å². The molecule has 116 valence electrons. The molecule has 0 aliphatic carbocycles. The standard InChI is InChI=1S/C15H14F3N3O/c16-15(17,18)13(22)14(10-1-4-19-7-10,11-2-5-20-8-11)12-3-6-21-9-12/h1-9,13,19-22H. The van der Waals surface area contributed by atoms with Crippen LogP contribution in [0.15, 0.2) is 55.4 Å². The molecule has 3 rings (SSSR count). The molecule has 4 N–H and O–H groups in total. The maximum Gasteiger partial charge on any atom is 0.415 e. The minimum atomic E-state index is -4.79. The first-order valence-electron chi connectivity index (χ1n) is 6.62. The summed E-state index contributed by atoms with van der Waals surface area (Å²) < 4.78 is 40.3. The number of nitrogens with one attached hydrogen (secondary N) is 3. The summed E-state index contributed by atoms with van der Waals surface area (Å²) in [5.74, 6) is 0. The molecule has 1 atom stereocenters. The van der Waals surface area contributed by atoms with E-state index in [4.69, 9.17) is 0 Å². The molecular weight excluding hydrogens is 295 g/mol. The second-order valence-electron chi connectivity index (χ2n) is 5.05. The van der Waals surface area contributed by atoms with Crippen molar-refractivity contribution < 1.29 is 18.3 Å². The highest BCUT2D eigenvalue weighted by atomic mass is 19.4. The lowest BCUT2D eigenvalue weighted by molar-refractivity contribution is -0.216. The molecule has 3 aromatic heterocycles. The lowest BCUT2D eigenvalue weighted by atomic mass is 9.67. The van der Waals surface area contributed by atoms with Crippen molar-refractivity contribution in [3.8, 4) is 0 Å². The fourth-order valence-corrected chi connectivity index (χ4v) is 2.93. The average molecular weight is 309 g/mol. The quantitative estimate of drug-likeness (QED) is 0.588. The summed E-state index contributed by atoms with van der Waals surface area (Å²) in [6.45, 7) is 0. The zero-order valence-corrected chi connectivity index (χ0v) is 11.4. The van der Waals surface area contributed by atoms with Gasteiger partial charge >= 0.3 is 6.18 Å². The third-order valence-corrected chi connectivity index (χ3v) is 3.88. The Labute approximate surface area is 124 Å². The van der Waals surface area contributed by atoms with E-state index in [1.807, 2.05) is 0 Å². The topological polar surface area (TPSA) is 67.6 Å². The zero-order chi connectivity index (χ0) is 15.8. The van der Waals surface area contributed by atoms with E-state index in [2.05, 4.69) is 15.0 Å². The fraction of sp³-hybridized carbons (Fsp3) is 0.200. The highest BCUT2D eigenvalue weighted by Gasteiger charge is 2.56. The Hall–Kier alpha value is -2.41. The number of H-pyrrole nitrogens is 3. The Balaban J connectivity index is 2.33. The fourth-order valence-electron chi connectivity index (χ4n) is 2.93. The summed E-state index contributed by atoms with van der Waals surface area (Å²) in [5.41, 5.74) is -0.761. The van der Waals surface area contributed by atoms with Crippen molar-refractivity contribution in [1.29, 1.82) is 0 Å². The number of halogens is 3. The Bertz CT molecular complexity index is 616. The Morgan fingerprint density at radius 1 is 0.773 bits per heavy atom. The van der Waals surface area contributed by atoms with Crippen LogP contribution in [0.1, 0.15) is 16.7 Å². The van der Waals surface area contributed by atoms with Crippen LogP contribution >= 0.6 is 0 Å². The van der Waals surface area contributed by atoms with Gasteiger partial charge in [-0.25, -0.2) is 0 Å². The number of rotatable bonds is 4. The number of hydrogen-bond donors (Lipinski definition) is 4. The molecule has 0 fully saturated rings. The maximum atomic E-state index is 13.4. The van der Waals surface area contributed by atoms with Gasteiger partial charge in [-0.3, -0.25) is 0 Å². The second-order valence-corrected chi connectivity index (χ2v) is 5.05. The predicted octanol–water partition coefficient (Wildman–Crippen LogP) is 2.93. The van der Waals surface area contributed by atoms with Gasteiger partial charge in [-0.1, -0.05) is 0 Å². The summed E-state index contributed by atoms with van der Waals surface area (Å²) in [7, 11) is 0. The number of aliphatic hydroxyl groups excluding tert-OH is 1. The third-order valence-electron chi connectivity index (χ3n) is 3.88. The molecule has 0 aliphatic rings. The monoisotopic (exact) mass is 309 g/mol. The third kappa shape index (κ3) is 2.05. The normalized spacial score (nSPS) is 14.2. The highest BCUT2D eigenvalue weighted by Crippen LogP contribution is 2.46. The van der Waals surface area contributed by atoms with Gasteiger partial charge < -0.3 is 20.1 Å². The highest BCUT2D eigenvalue weighted by molar-refractivity contribution is 5.50.